The van der Waals surface area contributed by atoms with Gasteiger partial charge in [0.05, 0.1) is 31.0 Å². The summed E-state index contributed by atoms with van der Waals surface area (Å²) in [5.74, 6) is 0.320. The summed E-state index contributed by atoms with van der Waals surface area (Å²) in [6, 6.07) is 11.9. The fourth-order valence-corrected chi connectivity index (χ4v) is 2.53. The van der Waals surface area contributed by atoms with E-state index in [4.69, 9.17) is 9.47 Å². The summed E-state index contributed by atoms with van der Waals surface area (Å²) in [5, 5.41) is 0.955. The number of hydrogen-bond acceptors (Lipinski definition) is 5. The lowest BCUT2D eigenvalue weighted by atomic mass is 10.1. The lowest BCUT2D eigenvalue weighted by Crippen LogP contribution is -2.41. The molecule has 0 spiro atoms. The van der Waals surface area contributed by atoms with Crippen molar-refractivity contribution in [1.29, 1.82) is 0 Å². The molecule has 0 saturated heterocycles. The number of carbonyl (C=O) groups is 2. The molecule has 3 rings (SSSR count). The number of hydrogen-bond donors (Lipinski definition) is 1. The van der Waals surface area contributed by atoms with Crippen LogP contribution in [0.25, 0.3) is 5.70 Å². The van der Waals surface area contributed by atoms with Crippen LogP contribution < -0.4 is 14.9 Å². The van der Waals surface area contributed by atoms with Gasteiger partial charge in [0.15, 0.2) is 0 Å². The molecule has 122 valence electrons. The number of methoxy groups -OCH3 is 2. The molecule has 0 unspecified atom stereocenters. The summed E-state index contributed by atoms with van der Waals surface area (Å²) in [6.45, 7) is 3.91. The molecule has 2 aromatic rings. The van der Waals surface area contributed by atoms with Gasteiger partial charge in [0, 0.05) is 11.6 Å². The van der Waals surface area contributed by atoms with E-state index in [0.717, 1.165) is 5.01 Å². The van der Waals surface area contributed by atoms with E-state index in [1.165, 1.54) is 7.11 Å². The molecule has 1 N–H and O–H groups in total. The van der Waals surface area contributed by atoms with Crippen LogP contribution in [-0.4, -0.2) is 31.0 Å². The van der Waals surface area contributed by atoms with Crippen LogP contribution in [0.15, 0.2) is 49.0 Å². The molecule has 0 bridgehead atoms. The Labute approximate surface area is 139 Å². The van der Waals surface area contributed by atoms with Crippen molar-refractivity contribution < 1.29 is 19.1 Å². The SMILES string of the molecule is C=C(NN1C(=O)c2ccccc2C1=O)c1ccc(OC)cc1OC. The summed E-state index contributed by atoms with van der Waals surface area (Å²) >= 11 is 0. The number of imide groups is 1. The summed E-state index contributed by atoms with van der Waals surface area (Å²) < 4.78 is 10.5. The van der Waals surface area contributed by atoms with Gasteiger partial charge in [0.25, 0.3) is 11.8 Å². The number of benzene rings is 2. The highest BCUT2D eigenvalue weighted by Gasteiger charge is 2.36. The fraction of sp³-hybridized carbons (Fsp3) is 0.111. The zero-order valence-electron chi connectivity index (χ0n) is 13.3. The number of ether oxygens (including phenoxy) is 2. The molecular formula is C18H16N2O4. The standard InChI is InChI=1S/C18H16N2O4/c1-11(13-9-8-12(23-2)10-16(13)24-3)19-20-17(21)14-6-4-5-7-15(14)18(20)22/h4-10,19H,1H2,2-3H3. The Balaban J connectivity index is 1.86. The van der Waals surface area contributed by atoms with Gasteiger partial charge in [-0.25, -0.2) is 0 Å². The molecule has 1 aliphatic heterocycles. The zero-order valence-corrected chi connectivity index (χ0v) is 13.3. The van der Waals surface area contributed by atoms with Gasteiger partial charge >= 0.3 is 0 Å². The van der Waals surface area contributed by atoms with E-state index in [1.807, 2.05) is 0 Å². The first-order valence-corrected chi connectivity index (χ1v) is 7.22. The van der Waals surface area contributed by atoms with Gasteiger partial charge in [0.1, 0.15) is 11.5 Å². The van der Waals surface area contributed by atoms with Crippen molar-refractivity contribution in [3.05, 3.63) is 65.7 Å². The minimum Gasteiger partial charge on any atom is -0.497 e. The van der Waals surface area contributed by atoms with Gasteiger partial charge in [-0.2, -0.15) is 5.01 Å². The normalized spacial score (nSPS) is 12.8. The quantitative estimate of drug-likeness (QED) is 0.856. The zero-order chi connectivity index (χ0) is 17.3. The highest BCUT2D eigenvalue weighted by atomic mass is 16.5. The van der Waals surface area contributed by atoms with E-state index >= 15 is 0 Å². The minimum atomic E-state index is -0.413. The van der Waals surface area contributed by atoms with Gasteiger partial charge in [-0.15, -0.1) is 0 Å². The Morgan fingerprint density at radius 2 is 1.62 bits per heavy atom. The minimum absolute atomic E-state index is 0.365. The number of fused-ring (bicyclic) bond motifs is 1. The van der Waals surface area contributed by atoms with Gasteiger partial charge in [-0.3, -0.25) is 15.0 Å². The summed E-state index contributed by atoms with van der Waals surface area (Å²) in [4.78, 5) is 24.8. The van der Waals surface area contributed by atoms with Crippen LogP contribution in [-0.2, 0) is 0 Å². The third-order valence-corrected chi connectivity index (χ3v) is 3.77. The molecule has 0 fully saturated rings. The van der Waals surface area contributed by atoms with Crippen LogP contribution in [0.4, 0.5) is 0 Å². The van der Waals surface area contributed by atoms with E-state index in [9.17, 15) is 9.59 Å². The van der Waals surface area contributed by atoms with Crippen molar-refractivity contribution >= 4 is 17.5 Å². The third-order valence-electron chi connectivity index (χ3n) is 3.77. The lowest BCUT2D eigenvalue weighted by Gasteiger charge is -2.20. The lowest BCUT2D eigenvalue weighted by molar-refractivity contribution is 0.0606. The van der Waals surface area contributed by atoms with Crippen molar-refractivity contribution in [3.63, 3.8) is 0 Å². The molecule has 0 radical (unpaired) electrons. The first kappa shape index (κ1) is 15.6. The summed E-state index contributed by atoms with van der Waals surface area (Å²) in [5.41, 5.74) is 4.49. The van der Waals surface area contributed by atoms with E-state index in [2.05, 4.69) is 12.0 Å². The molecule has 2 aromatic carbocycles. The first-order chi connectivity index (χ1) is 11.6. The summed E-state index contributed by atoms with van der Waals surface area (Å²) in [6.07, 6.45) is 0. The third kappa shape index (κ3) is 2.48. The second-order valence-electron chi connectivity index (χ2n) is 5.15. The van der Waals surface area contributed by atoms with E-state index in [1.54, 1.807) is 49.6 Å². The molecule has 6 nitrogen and oxygen atoms in total. The Morgan fingerprint density at radius 3 is 2.17 bits per heavy atom. The van der Waals surface area contributed by atoms with Gasteiger partial charge in [-0.1, -0.05) is 18.7 Å². The number of amides is 2. The highest BCUT2D eigenvalue weighted by molar-refractivity contribution is 6.21. The van der Waals surface area contributed by atoms with E-state index < -0.39 is 11.8 Å². The largest absolute Gasteiger partial charge is 0.497 e. The van der Waals surface area contributed by atoms with Gasteiger partial charge < -0.3 is 9.47 Å². The molecule has 0 atom stereocenters. The van der Waals surface area contributed by atoms with E-state index in [-0.39, 0.29) is 0 Å². The van der Waals surface area contributed by atoms with Gasteiger partial charge in [0.2, 0.25) is 0 Å². The van der Waals surface area contributed by atoms with Crippen molar-refractivity contribution in [2.24, 2.45) is 0 Å². The van der Waals surface area contributed by atoms with Crippen molar-refractivity contribution in [1.82, 2.24) is 10.4 Å². The summed E-state index contributed by atoms with van der Waals surface area (Å²) in [7, 11) is 3.08. The Morgan fingerprint density at radius 1 is 1.00 bits per heavy atom. The maximum absolute atomic E-state index is 12.4. The Bertz CT molecular complexity index is 810. The Kier molecular flexibility index (Phi) is 3.95. The van der Waals surface area contributed by atoms with Crippen LogP contribution in [0, 0.1) is 0 Å². The molecule has 0 aliphatic carbocycles. The van der Waals surface area contributed by atoms with Crippen LogP contribution >= 0.6 is 0 Å². The number of carbonyl (C=O) groups excluding carboxylic acids is 2. The van der Waals surface area contributed by atoms with E-state index in [0.29, 0.717) is 33.9 Å². The monoisotopic (exact) mass is 324 g/mol. The van der Waals surface area contributed by atoms with Crippen LogP contribution in [0.5, 0.6) is 11.5 Å². The smallest absolute Gasteiger partial charge is 0.280 e. The fourth-order valence-electron chi connectivity index (χ4n) is 2.53. The maximum atomic E-state index is 12.4. The van der Waals surface area contributed by atoms with Crippen molar-refractivity contribution in [2.45, 2.75) is 0 Å². The number of nitrogens with zero attached hydrogens (tertiary/aromatic N) is 1. The van der Waals surface area contributed by atoms with Crippen LogP contribution in [0.3, 0.4) is 0 Å². The maximum Gasteiger partial charge on any atom is 0.280 e. The number of hydrazine groups is 1. The Hall–Kier alpha value is -3.28. The molecule has 0 aromatic heterocycles. The topological polar surface area (TPSA) is 67.9 Å². The average molecular weight is 324 g/mol. The van der Waals surface area contributed by atoms with Crippen LogP contribution in [0.2, 0.25) is 0 Å². The molecule has 6 heteroatoms. The molecule has 24 heavy (non-hydrogen) atoms. The van der Waals surface area contributed by atoms with Crippen molar-refractivity contribution in [2.75, 3.05) is 14.2 Å². The number of rotatable bonds is 5. The molecular weight excluding hydrogens is 308 g/mol. The second-order valence-corrected chi connectivity index (χ2v) is 5.15. The van der Waals surface area contributed by atoms with Gasteiger partial charge in [-0.05, 0) is 24.3 Å². The van der Waals surface area contributed by atoms with Crippen molar-refractivity contribution in [3.8, 4) is 11.5 Å². The molecule has 2 amide bonds. The molecule has 1 heterocycles. The average Bonchev–Trinajstić information content (AvgIpc) is 2.86. The highest BCUT2D eigenvalue weighted by Crippen LogP contribution is 2.29. The van der Waals surface area contributed by atoms with Crippen LogP contribution in [0.1, 0.15) is 26.3 Å². The first-order valence-electron chi connectivity index (χ1n) is 7.22. The molecule has 0 saturated carbocycles. The predicted octanol–water partition coefficient (Wildman–Crippen LogP) is 2.48. The molecule has 1 aliphatic rings. The number of nitrogens with one attached hydrogen (secondary N) is 1. The second kappa shape index (κ2) is 6.08. The predicted molar refractivity (Wildman–Crippen MR) is 88.7 cm³/mol.